The Kier molecular flexibility index (Phi) is 8.50. The van der Waals surface area contributed by atoms with E-state index >= 15 is 0 Å². The fourth-order valence-corrected chi connectivity index (χ4v) is 6.93. The number of aliphatic hydroxyl groups excluding tert-OH is 1. The summed E-state index contributed by atoms with van der Waals surface area (Å²) < 4.78 is 11.8. The number of rotatable bonds is 11. The number of carbonyl (C=O) groups is 3. The highest BCUT2D eigenvalue weighted by atomic mass is 79.9. The van der Waals surface area contributed by atoms with Gasteiger partial charge in [-0.15, -0.1) is 0 Å². The van der Waals surface area contributed by atoms with Crippen LogP contribution in [0.4, 0.5) is 0 Å². The molecule has 2 bridgehead atoms. The SMILES string of the molecule is CCCNC(=O)[C@H]1[C@H]2C(=O)N(CCCCO)C(C(=O)NCCN3CCOCC3)C23CC(Br)[C@@H]1O3. The molecule has 3 N–H and O–H groups in total. The fourth-order valence-electron chi connectivity index (χ4n) is 5.99. The normalized spacial score (nSPS) is 35.0. The molecule has 192 valence electrons. The molecule has 3 amide bonds. The van der Waals surface area contributed by atoms with Crippen LogP contribution in [0.3, 0.4) is 0 Å². The van der Waals surface area contributed by atoms with E-state index in [2.05, 4.69) is 31.5 Å². The number of morpholine rings is 1. The number of aliphatic hydroxyl groups is 1. The third-order valence-electron chi connectivity index (χ3n) is 7.53. The molecule has 4 saturated heterocycles. The summed E-state index contributed by atoms with van der Waals surface area (Å²) in [6.45, 7) is 7.13. The van der Waals surface area contributed by atoms with Gasteiger partial charge in [-0.25, -0.2) is 0 Å². The molecule has 0 aromatic carbocycles. The van der Waals surface area contributed by atoms with E-state index in [1.807, 2.05) is 6.92 Å². The second-order valence-corrected chi connectivity index (χ2v) is 10.8. The second kappa shape index (κ2) is 11.2. The molecule has 0 aromatic heterocycles. The predicted octanol–water partition coefficient (Wildman–Crippen LogP) is -0.518. The topological polar surface area (TPSA) is 120 Å². The van der Waals surface area contributed by atoms with E-state index < -0.39 is 29.6 Å². The van der Waals surface area contributed by atoms with E-state index in [0.717, 1.165) is 19.5 Å². The minimum Gasteiger partial charge on any atom is -0.396 e. The number of nitrogens with zero attached hydrogens (tertiary/aromatic N) is 2. The van der Waals surface area contributed by atoms with Crippen LogP contribution in [0, 0.1) is 11.8 Å². The van der Waals surface area contributed by atoms with Gasteiger partial charge in [0.2, 0.25) is 17.7 Å². The molecule has 4 fully saturated rings. The van der Waals surface area contributed by atoms with Crippen LogP contribution < -0.4 is 10.6 Å². The Morgan fingerprint density at radius 2 is 1.88 bits per heavy atom. The lowest BCUT2D eigenvalue weighted by Crippen LogP contribution is -2.56. The van der Waals surface area contributed by atoms with Crippen LogP contribution in [-0.2, 0) is 23.9 Å². The van der Waals surface area contributed by atoms with Gasteiger partial charge in [-0.3, -0.25) is 19.3 Å². The third kappa shape index (κ3) is 4.74. The summed E-state index contributed by atoms with van der Waals surface area (Å²) in [6.07, 6.45) is 1.99. The summed E-state index contributed by atoms with van der Waals surface area (Å²) in [5, 5.41) is 15.2. The first-order chi connectivity index (χ1) is 16.4. The summed E-state index contributed by atoms with van der Waals surface area (Å²) in [7, 11) is 0. The second-order valence-electron chi connectivity index (χ2n) is 9.66. The maximum Gasteiger partial charge on any atom is 0.245 e. The quantitative estimate of drug-likeness (QED) is 0.236. The molecule has 34 heavy (non-hydrogen) atoms. The van der Waals surface area contributed by atoms with Gasteiger partial charge in [0.05, 0.1) is 31.2 Å². The Hall–Kier alpha value is -1.27. The molecule has 0 aromatic rings. The first kappa shape index (κ1) is 25.8. The van der Waals surface area contributed by atoms with Crippen molar-refractivity contribution in [2.75, 3.05) is 59.1 Å². The lowest BCUT2D eigenvalue weighted by atomic mass is 9.70. The Bertz CT molecular complexity index is 766. The molecule has 4 rings (SSSR count). The molecule has 6 atom stereocenters. The van der Waals surface area contributed by atoms with Gasteiger partial charge in [0.25, 0.3) is 0 Å². The molecule has 0 aliphatic carbocycles. The summed E-state index contributed by atoms with van der Waals surface area (Å²) in [5.74, 6) is -1.90. The van der Waals surface area contributed by atoms with Gasteiger partial charge in [-0.05, 0) is 25.7 Å². The lowest BCUT2D eigenvalue weighted by molar-refractivity contribution is -0.142. The van der Waals surface area contributed by atoms with Gasteiger partial charge >= 0.3 is 0 Å². The van der Waals surface area contributed by atoms with Gasteiger partial charge in [0, 0.05) is 50.7 Å². The molecular formula is C23H37BrN4O6. The number of likely N-dealkylation sites (tertiary alicyclic amines) is 1. The average Bonchev–Trinajstić information content (AvgIpc) is 3.42. The Morgan fingerprint density at radius 3 is 2.59 bits per heavy atom. The summed E-state index contributed by atoms with van der Waals surface area (Å²) in [4.78, 5) is 44.1. The standard InChI is InChI=1S/C23H37BrN4O6/c1-2-5-25-20(30)16-17-22(32)28(7-3-4-11-29)19(23(17)14-15(24)18(16)34-23)21(31)26-6-8-27-9-12-33-13-10-27/h15-19,29H,2-14H2,1H3,(H,25,30)(H,26,31)/t15?,16-,17-,18-,19?,23?/m0/s1. The number of alkyl halides is 1. The lowest BCUT2D eigenvalue weighted by Gasteiger charge is -2.34. The number of halogens is 1. The molecule has 4 heterocycles. The monoisotopic (exact) mass is 544 g/mol. The first-order valence-corrected chi connectivity index (χ1v) is 13.4. The zero-order chi connectivity index (χ0) is 24.3. The summed E-state index contributed by atoms with van der Waals surface area (Å²) in [5.41, 5.74) is -1.02. The number of nitrogens with one attached hydrogen (secondary N) is 2. The predicted molar refractivity (Wildman–Crippen MR) is 127 cm³/mol. The number of hydrogen-bond donors (Lipinski definition) is 3. The molecule has 0 saturated carbocycles. The maximum atomic E-state index is 13.7. The molecule has 10 nitrogen and oxygen atoms in total. The van der Waals surface area contributed by atoms with Crippen LogP contribution >= 0.6 is 15.9 Å². The number of hydrogen-bond acceptors (Lipinski definition) is 7. The number of unbranched alkanes of at least 4 members (excludes halogenated alkanes) is 1. The highest BCUT2D eigenvalue weighted by molar-refractivity contribution is 9.09. The van der Waals surface area contributed by atoms with Crippen LogP contribution in [-0.4, -0.2) is 114 Å². The van der Waals surface area contributed by atoms with E-state index in [4.69, 9.17) is 9.47 Å². The molecule has 4 aliphatic heterocycles. The van der Waals surface area contributed by atoms with E-state index in [9.17, 15) is 19.5 Å². The van der Waals surface area contributed by atoms with Crippen molar-refractivity contribution in [3.8, 4) is 0 Å². The third-order valence-corrected chi connectivity index (χ3v) is 8.37. The minimum atomic E-state index is -1.02. The molecule has 0 radical (unpaired) electrons. The molecule has 4 aliphatic rings. The van der Waals surface area contributed by atoms with Crippen LogP contribution in [0.25, 0.3) is 0 Å². The van der Waals surface area contributed by atoms with Crippen molar-refractivity contribution in [2.24, 2.45) is 11.8 Å². The number of fused-ring (bicyclic) bond motifs is 1. The zero-order valence-electron chi connectivity index (χ0n) is 19.8. The van der Waals surface area contributed by atoms with Gasteiger partial charge in [0.15, 0.2) is 0 Å². The fraction of sp³-hybridized carbons (Fsp3) is 0.870. The van der Waals surface area contributed by atoms with Crippen molar-refractivity contribution in [3.05, 3.63) is 0 Å². The van der Waals surface area contributed by atoms with E-state index in [-0.39, 0.29) is 29.2 Å². The van der Waals surface area contributed by atoms with Crippen LogP contribution in [0.2, 0.25) is 0 Å². The molecule has 11 heteroatoms. The maximum absolute atomic E-state index is 13.7. The van der Waals surface area contributed by atoms with Gasteiger partial charge < -0.3 is 30.1 Å². The van der Waals surface area contributed by atoms with Crippen LogP contribution in [0.15, 0.2) is 0 Å². The highest BCUT2D eigenvalue weighted by Crippen LogP contribution is 2.59. The highest BCUT2D eigenvalue weighted by Gasteiger charge is 2.76. The minimum absolute atomic E-state index is 0.0249. The van der Waals surface area contributed by atoms with Gasteiger partial charge in [0.1, 0.15) is 11.6 Å². The van der Waals surface area contributed by atoms with Gasteiger partial charge in [-0.2, -0.15) is 0 Å². The number of amides is 3. The number of ether oxygens (including phenoxy) is 2. The summed E-state index contributed by atoms with van der Waals surface area (Å²) in [6, 6.07) is -0.789. The van der Waals surface area contributed by atoms with Crippen molar-refractivity contribution in [1.82, 2.24) is 20.4 Å². The first-order valence-electron chi connectivity index (χ1n) is 12.5. The van der Waals surface area contributed by atoms with E-state index in [1.165, 1.54) is 0 Å². The molecule has 3 unspecified atom stereocenters. The number of carbonyl (C=O) groups excluding carboxylic acids is 3. The summed E-state index contributed by atoms with van der Waals surface area (Å²) >= 11 is 3.67. The Balaban J connectivity index is 1.53. The Labute approximate surface area is 209 Å². The zero-order valence-corrected chi connectivity index (χ0v) is 21.4. The van der Waals surface area contributed by atoms with E-state index in [1.54, 1.807) is 4.90 Å². The molecule has 1 spiro atoms. The van der Waals surface area contributed by atoms with Crippen molar-refractivity contribution in [3.63, 3.8) is 0 Å². The largest absolute Gasteiger partial charge is 0.396 e. The van der Waals surface area contributed by atoms with Crippen molar-refractivity contribution in [2.45, 2.75) is 55.2 Å². The molecular weight excluding hydrogens is 508 g/mol. The van der Waals surface area contributed by atoms with Crippen LogP contribution in [0.1, 0.15) is 32.6 Å². The average molecular weight is 545 g/mol. The van der Waals surface area contributed by atoms with Crippen molar-refractivity contribution < 1.29 is 29.0 Å². The van der Waals surface area contributed by atoms with E-state index in [0.29, 0.717) is 58.7 Å². The smallest absolute Gasteiger partial charge is 0.245 e. The van der Waals surface area contributed by atoms with Gasteiger partial charge in [-0.1, -0.05) is 22.9 Å². The van der Waals surface area contributed by atoms with Crippen LogP contribution in [0.5, 0.6) is 0 Å². The van der Waals surface area contributed by atoms with Crippen molar-refractivity contribution >= 4 is 33.7 Å². The van der Waals surface area contributed by atoms with Crippen molar-refractivity contribution in [1.29, 1.82) is 0 Å². The Morgan fingerprint density at radius 1 is 1.15 bits per heavy atom.